The number of hydrogen-bond donors (Lipinski definition) is 5. The Hall–Kier alpha value is -7.08. The van der Waals surface area contributed by atoms with E-state index < -0.39 is 98.7 Å². The van der Waals surface area contributed by atoms with Gasteiger partial charge in [0.2, 0.25) is 0 Å². The zero-order chi connectivity index (χ0) is 59.5. The van der Waals surface area contributed by atoms with E-state index in [0.29, 0.717) is 61.8 Å². The summed E-state index contributed by atoms with van der Waals surface area (Å²) in [5, 5.41) is 65.6. The summed E-state index contributed by atoms with van der Waals surface area (Å²) in [6.07, 6.45) is 3.72. The first-order valence-electron chi connectivity index (χ1n) is 28.9. The van der Waals surface area contributed by atoms with Crippen LogP contribution in [-0.2, 0) is 14.2 Å². The number of carbonyl (C=O) groups excluding carboxylic acids is 1. The molecular weight excluding hydrogens is 1070 g/mol. The summed E-state index contributed by atoms with van der Waals surface area (Å²) >= 11 is 0. The van der Waals surface area contributed by atoms with Crippen molar-refractivity contribution >= 4 is 5.97 Å². The van der Waals surface area contributed by atoms with Gasteiger partial charge in [-0.2, -0.15) is 5.26 Å². The van der Waals surface area contributed by atoms with Crippen molar-refractivity contribution in [3.63, 3.8) is 0 Å². The standard InChI is InChI=1S/C41H40N2O8.C25H31NO7/c1-23-7-11-26(12-8-23)38-47-22-40(3)30-19-32(49-36(45)25-13-9-24(20-42)10-14-25)41(4)35(39(30,2)16-15-31(40)50-38)34(44)33-29(51-41)18-28(48-37(33)46)27-6-5-17-43-21-27;1-23-7-6-17(28)24(2,12-27)16(23)10-18(29)25(3)21(23)20(30)19-15(33-25)9-14(32-22(19)31)13-5-4-8-26-11-13/h5-14,17-18,21,30-32,34-35,38,44H,15-16,19,22H2,1-4H3;4-5,8-9,11,16-18,20-21,27-30H,6-7,10,12H2,1-3H3/t30?,31-,32-,34-,35?,38+,39-,40-,41+;16?,17-,18-,20-,21?,23-,24-,25+/m00/s1. The predicted molar refractivity (Wildman–Crippen MR) is 303 cm³/mol. The number of ether oxygens (including phenoxy) is 5. The van der Waals surface area contributed by atoms with Crippen molar-refractivity contribution in [2.45, 2.75) is 141 Å². The second-order valence-corrected chi connectivity index (χ2v) is 25.9. The molecule has 0 spiro atoms. The minimum atomic E-state index is -1.28. The second kappa shape index (κ2) is 20.9. The van der Waals surface area contributed by atoms with Gasteiger partial charge in [0.05, 0.1) is 60.9 Å². The molecule has 1 saturated heterocycles. The van der Waals surface area contributed by atoms with Crippen molar-refractivity contribution in [2.75, 3.05) is 13.2 Å². The number of carbonyl (C=O) groups is 1. The first-order valence-corrected chi connectivity index (χ1v) is 28.9. The molecule has 13 rings (SSSR count). The average molecular weight is 1150 g/mol. The van der Waals surface area contributed by atoms with Crippen molar-refractivity contribution in [3.05, 3.63) is 164 Å². The highest BCUT2D eigenvalue weighted by Gasteiger charge is 2.72. The maximum atomic E-state index is 13.8. The van der Waals surface area contributed by atoms with Gasteiger partial charge in [0, 0.05) is 76.3 Å². The smallest absolute Gasteiger partial charge is 0.345 e. The fraction of sp³-hybridized carbons (Fsp3) is 0.485. The summed E-state index contributed by atoms with van der Waals surface area (Å²) in [7, 11) is 0. The van der Waals surface area contributed by atoms with Gasteiger partial charge in [-0.25, -0.2) is 14.4 Å². The number of hydrogen-bond acceptors (Lipinski definition) is 18. The lowest BCUT2D eigenvalue weighted by atomic mass is 9.42. The highest BCUT2D eigenvalue weighted by atomic mass is 16.7. The Morgan fingerprint density at radius 2 is 1.26 bits per heavy atom. The number of aliphatic hydroxyl groups excluding tert-OH is 5. The van der Waals surface area contributed by atoms with Crippen molar-refractivity contribution in [1.29, 1.82) is 5.26 Å². The second-order valence-electron chi connectivity index (χ2n) is 25.9. The van der Waals surface area contributed by atoms with Gasteiger partial charge >= 0.3 is 17.2 Å². The highest BCUT2D eigenvalue weighted by molar-refractivity contribution is 5.89. The summed E-state index contributed by atoms with van der Waals surface area (Å²) in [6.45, 7) is 14.0. The Kier molecular flexibility index (Phi) is 14.2. The molecule has 84 heavy (non-hydrogen) atoms. The monoisotopic (exact) mass is 1150 g/mol. The van der Waals surface area contributed by atoms with Crippen molar-refractivity contribution < 1.29 is 62.8 Å². The number of rotatable bonds is 6. The van der Waals surface area contributed by atoms with E-state index in [9.17, 15) is 45.2 Å². The van der Waals surface area contributed by atoms with Crippen LogP contribution in [0.25, 0.3) is 22.6 Å². The fourth-order valence-electron chi connectivity index (χ4n) is 16.7. The Balaban J connectivity index is 0.000000181. The lowest BCUT2D eigenvalue weighted by molar-refractivity contribution is -0.330. The fourth-order valence-corrected chi connectivity index (χ4v) is 16.7. The molecule has 0 bridgehead atoms. The van der Waals surface area contributed by atoms with Crippen LogP contribution in [0.4, 0.5) is 0 Å². The van der Waals surface area contributed by atoms with Gasteiger partial charge in [-0.3, -0.25) is 9.97 Å². The van der Waals surface area contributed by atoms with Gasteiger partial charge in [0.25, 0.3) is 0 Å². The lowest BCUT2D eigenvalue weighted by Crippen LogP contribution is -2.71. The Labute approximate surface area is 486 Å². The molecule has 2 aromatic carbocycles. The first-order chi connectivity index (χ1) is 40.0. The number of pyridine rings is 2. The minimum absolute atomic E-state index is 0.0380. The predicted octanol–water partition coefficient (Wildman–Crippen LogP) is 8.89. The van der Waals surface area contributed by atoms with Gasteiger partial charge in [0.15, 0.2) is 6.29 Å². The number of nitriles is 1. The molecule has 18 nitrogen and oxygen atoms in total. The molecule has 7 aliphatic rings. The van der Waals surface area contributed by atoms with Crippen LogP contribution in [0, 0.1) is 63.6 Å². The molecule has 0 radical (unpaired) electrons. The lowest BCUT2D eigenvalue weighted by Gasteiger charge is -2.67. The molecule has 5 fully saturated rings. The van der Waals surface area contributed by atoms with Crippen molar-refractivity contribution in [1.82, 2.24) is 9.97 Å². The van der Waals surface area contributed by atoms with Gasteiger partial charge in [-0.1, -0.05) is 57.5 Å². The molecule has 3 aliphatic heterocycles. The SMILES string of the molecule is C[C@]12CC[C@H](O)[C@@](C)(CO)C1C[C@H](O)[C@@]1(C)Oc3cc(-c4cccnc4)oc(=O)c3[C@H](O)C21.Cc1ccc([C@@H]2OC[C@@]3(C)C4C[C@H](OC(=O)c5ccc(C#N)cc5)[C@@]5(C)Oc6cc(-c7cccnc7)oc(=O)c6[C@H](O)C5[C@@]4(C)CC[C@@H]3O2)cc1. The molecule has 4 aromatic heterocycles. The summed E-state index contributed by atoms with van der Waals surface area (Å²) in [5.74, 6) is -1.44. The molecule has 4 saturated carbocycles. The quantitative estimate of drug-likeness (QED) is 0.0974. The van der Waals surface area contributed by atoms with E-state index in [2.05, 4.69) is 29.9 Å². The van der Waals surface area contributed by atoms with Crippen LogP contribution in [0.3, 0.4) is 0 Å². The molecule has 0 amide bonds. The van der Waals surface area contributed by atoms with Crippen LogP contribution < -0.4 is 20.7 Å². The van der Waals surface area contributed by atoms with Gasteiger partial charge in [-0.05, 0) is 130 Å². The molecule has 17 atom stereocenters. The molecule has 4 aliphatic carbocycles. The maximum absolute atomic E-state index is 13.8. The Bertz CT molecular complexity index is 3650. The maximum Gasteiger partial charge on any atom is 0.345 e. The molecule has 5 N–H and O–H groups in total. The zero-order valence-corrected chi connectivity index (χ0v) is 48.1. The van der Waals surface area contributed by atoms with Crippen LogP contribution in [0.15, 0.2) is 128 Å². The zero-order valence-electron chi connectivity index (χ0n) is 48.1. The number of aromatic nitrogens is 2. The van der Waals surface area contributed by atoms with Crippen molar-refractivity contribution in [2.24, 2.45) is 45.3 Å². The first kappa shape index (κ1) is 57.4. The summed E-state index contributed by atoms with van der Waals surface area (Å²) in [4.78, 5) is 48.8. The van der Waals surface area contributed by atoms with Gasteiger partial charge in [-0.15, -0.1) is 0 Å². The molecule has 18 heteroatoms. The van der Waals surface area contributed by atoms with E-state index in [1.807, 2.05) is 52.0 Å². The van der Waals surface area contributed by atoms with Crippen molar-refractivity contribution in [3.8, 4) is 40.2 Å². The Morgan fingerprint density at radius 1 is 0.702 bits per heavy atom. The molecule has 440 valence electrons. The van der Waals surface area contributed by atoms with Gasteiger partial charge < -0.3 is 58.1 Å². The highest BCUT2D eigenvalue weighted by Crippen LogP contribution is 2.70. The molecule has 6 aromatic rings. The average Bonchev–Trinajstić information content (AvgIpc) is 0.780. The van der Waals surface area contributed by atoms with E-state index in [1.165, 1.54) is 0 Å². The van der Waals surface area contributed by atoms with Crippen LogP contribution in [0.5, 0.6) is 11.5 Å². The topological polar surface area (TPSA) is 274 Å². The number of fused-ring (bicyclic) bond motifs is 10. The number of aryl methyl sites for hydroxylation is 1. The van der Waals surface area contributed by atoms with E-state index in [-0.39, 0.29) is 64.3 Å². The number of nitrogens with zero attached hydrogens (tertiary/aromatic N) is 3. The summed E-state index contributed by atoms with van der Waals surface area (Å²) in [6, 6.07) is 26.7. The summed E-state index contributed by atoms with van der Waals surface area (Å²) < 4.78 is 44.1. The third-order valence-electron chi connectivity index (χ3n) is 21.1. The molecule has 4 unspecified atom stereocenters. The van der Waals surface area contributed by atoms with Gasteiger partial charge in [0.1, 0.15) is 51.5 Å². The van der Waals surface area contributed by atoms with Crippen LogP contribution in [0.2, 0.25) is 0 Å². The molecule has 7 heterocycles. The largest absolute Gasteiger partial charge is 0.484 e. The van der Waals surface area contributed by atoms with E-state index >= 15 is 0 Å². The minimum Gasteiger partial charge on any atom is -0.484 e. The third-order valence-corrected chi connectivity index (χ3v) is 21.1. The van der Waals surface area contributed by atoms with E-state index in [1.54, 1.807) is 92.4 Å². The third kappa shape index (κ3) is 8.95. The molecular formula is C66H71N3O15. The summed E-state index contributed by atoms with van der Waals surface area (Å²) in [5.41, 5.74) is -2.29. The number of benzene rings is 2. The van der Waals surface area contributed by atoms with Crippen LogP contribution in [0.1, 0.15) is 137 Å². The van der Waals surface area contributed by atoms with Crippen LogP contribution in [-0.4, -0.2) is 90.3 Å². The number of aliphatic hydroxyl groups is 5. The Morgan fingerprint density at radius 3 is 1.82 bits per heavy atom. The normalized spacial score (nSPS) is 36.9. The number of esters is 1. The van der Waals surface area contributed by atoms with E-state index in [0.717, 1.165) is 11.1 Å². The van der Waals surface area contributed by atoms with E-state index in [4.69, 9.17) is 32.5 Å². The van der Waals surface area contributed by atoms with Crippen LogP contribution >= 0.6 is 0 Å².